The van der Waals surface area contributed by atoms with Gasteiger partial charge in [-0.2, -0.15) is 0 Å². The maximum Gasteiger partial charge on any atom is 0.252 e. The molecule has 2 rings (SSSR count). The van der Waals surface area contributed by atoms with Crippen molar-refractivity contribution in [3.8, 4) is 0 Å². The van der Waals surface area contributed by atoms with Crippen LogP contribution in [-0.4, -0.2) is 12.5 Å². The van der Waals surface area contributed by atoms with Gasteiger partial charge in [-0.25, -0.2) is 0 Å². The first-order valence-corrected chi connectivity index (χ1v) is 7.19. The van der Waals surface area contributed by atoms with Gasteiger partial charge in [-0.1, -0.05) is 38.3 Å². The van der Waals surface area contributed by atoms with Gasteiger partial charge in [0.15, 0.2) is 0 Å². The zero-order valence-corrected chi connectivity index (χ0v) is 11.7. The van der Waals surface area contributed by atoms with E-state index in [-0.39, 0.29) is 5.91 Å². The monoisotopic (exact) mass is 263 g/mol. The van der Waals surface area contributed by atoms with E-state index in [1.54, 1.807) is 0 Å². The largest absolute Gasteiger partial charge is 0.352 e. The molecule has 1 saturated carbocycles. The van der Waals surface area contributed by atoms with Crippen molar-refractivity contribution in [2.75, 3.05) is 6.54 Å². The fourth-order valence-corrected chi connectivity index (χ4v) is 2.94. The van der Waals surface area contributed by atoms with Crippen LogP contribution in [-0.2, 0) is 0 Å². The van der Waals surface area contributed by atoms with Crippen molar-refractivity contribution in [1.29, 1.82) is 0 Å². The number of hydrogen-bond acceptors (Lipinski definition) is 2. The minimum absolute atomic E-state index is 0.00151. The third-order valence-corrected chi connectivity index (χ3v) is 4.35. The highest BCUT2D eigenvalue weighted by molar-refractivity contribution is 7.80. The predicted molar refractivity (Wildman–Crippen MR) is 77.1 cm³/mol. The quantitative estimate of drug-likeness (QED) is 0.803. The van der Waals surface area contributed by atoms with Crippen molar-refractivity contribution in [3.63, 3.8) is 0 Å². The molecule has 1 N–H and O–H groups in total. The Morgan fingerprint density at radius 3 is 2.78 bits per heavy atom. The summed E-state index contributed by atoms with van der Waals surface area (Å²) in [5, 5.41) is 3.05. The van der Waals surface area contributed by atoms with Crippen LogP contribution >= 0.6 is 12.6 Å². The number of nitrogens with one attached hydrogen (secondary N) is 1. The summed E-state index contributed by atoms with van der Waals surface area (Å²) >= 11 is 4.31. The van der Waals surface area contributed by atoms with E-state index in [1.165, 1.54) is 25.7 Å². The van der Waals surface area contributed by atoms with Gasteiger partial charge in [-0.05, 0) is 30.4 Å². The van der Waals surface area contributed by atoms with Gasteiger partial charge in [0, 0.05) is 11.4 Å². The lowest BCUT2D eigenvalue weighted by molar-refractivity contribution is 0.0933. The van der Waals surface area contributed by atoms with E-state index in [4.69, 9.17) is 0 Å². The molecule has 0 spiro atoms. The molecule has 1 aliphatic rings. The SMILES string of the molecule is CC1CCCCC1CNC(=O)c1ccccc1S. The van der Waals surface area contributed by atoms with Crippen molar-refractivity contribution in [2.24, 2.45) is 11.8 Å². The molecule has 0 aromatic heterocycles. The summed E-state index contributed by atoms with van der Waals surface area (Å²) in [6, 6.07) is 7.43. The fourth-order valence-electron chi connectivity index (χ4n) is 2.68. The van der Waals surface area contributed by atoms with E-state index in [1.807, 2.05) is 24.3 Å². The number of rotatable bonds is 3. The Labute approximate surface area is 115 Å². The van der Waals surface area contributed by atoms with E-state index >= 15 is 0 Å². The molecule has 2 atom stereocenters. The number of amides is 1. The van der Waals surface area contributed by atoms with Crippen LogP contribution in [0.1, 0.15) is 43.0 Å². The summed E-state index contributed by atoms with van der Waals surface area (Å²) in [6.45, 7) is 3.09. The zero-order valence-electron chi connectivity index (χ0n) is 10.9. The second-order valence-corrected chi connectivity index (χ2v) is 5.73. The second-order valence-electron chi connectivity index (χ2n) is 5.25. The molecule has 2 unspecified atom stereocenters. The zero-order chi connectivity index (χ0) is 13.0. The Hall–Kier alpha value is -0.960. The highest BCUT2D eigenvalue weighted by Gasteiger charge is 2.21. The lowest BCUT2D eigenvalue weighted by atomic mass is 9.80. The van der Waals surface area contributed by atoms with Crippen LogP contribution in [0.2, 0.25) is 0 Å². The predicted octanol–water partition coefficient (Wildman–Crippen LogP) is 3.53. The van der Waals surface area contributed by atoms with Crippen LogP contribution in [0.15, 0.2) is 29.2 Å². The Morgan fingerprint density at radius 2 is 2.06 bits per heavy atom. The summed E-state index contributed by atoms with van der Waals surface area (Å²) in [5.74, 6) is 1.36. The molecule has 0 aliphatic heterocycles. The number of thiol groups is 1. The highest BCUT2D eigenvalue weighted by atomic mass is 32.1. The van der Waals surface area contributed by atoms with Gasteiger partial charge in [-0.15, -0.1) is 12.6 Å². The lowest BCUT2D eigenvalue weighted by Gasteiger charge is -2.28. The molecule has 98 valence electrons. The average molecular weight is 263 g/mol. The van der Waals surface area contributed by atoms with E-state index in [9.17, 15) is 4.79 Å². The van der Waals surface area contributed by atoms with E-state index in [2.05, 4.69) is 24.9 Å². The van der Waals surface area contributed by atoms with Crippen LogP contribution in [0.25, 0.3) is 0 Å². The van der Waals surface area contributed by atoms with Crippen LogP contribution in [0.4, 0.5) is 0 Å². The van der Waals surface area contributed by atoms with Crippen molar-refractivity contribution in [3.05, 3.63) is 29.8 Å². The van der Waals surface area contributed by atoms with Gasteiger partial charge in [0.05, 0.1) is 5.56 Å². The molecular formula is C15H21NOS. The molecule has 0 heterocycles. The summed E-state index contributed by atoms with van der Waals surface area (Å²) in [4.78, 5) is 12.8. The van der Waals surface area contributed by atoms with E-state index < -0.39 is 0 Å². The second kappa shape index (κ2) is 6.28. The smallest absolute Gasteiger partial charge is 0.252 e. The topological polar surface area (TPSA) is 29.1 Å². The Kier molecular flexibility index (Phi) is 4.70. The van der Waals surface area contributed by atoms with Crippen molar-refractivity contribution >= 4 is 18.5 Å². The number of benzene rings is 1. The van der Waals surface area contributed by atoms with Gasteiger partial charge in [0.1, 0.15) is 0 Å². The van der Waals surface area contributed by atoms with Gasteiger partial charge in [-0.3, -0.25) is 4.79 Å². The summed E-state index contributed by atoms with van der Waals surface area (Å²) in [5.41, 5.74) is 0.671. The molecule has 0 bridgehead atoms. The maximum absolute atomic E-state index is 12.1. The maximum atomic E-state index is 12.1. The van der Waals surface area contributed by atoms with E-state index in [0.717, 1.165) is 17.4 Å². The standard InChI is InChI=1S/C15H21NOS/c1-11-6-2-3-7-12(11)10-16-15(17)13-8-4-5-9-14(13)18/h4-5,8-9,11-12,18H,2-3,6-7,10H2,1H3,(H,16,17). The third kappa shape index (κ3) is 3.29. The molecule has 1 amide bonds. The molecule has 18 heavy (non-hydrogen) atoms. The van der Waals surface area contributed by atoms with Crippen molar-refractivity contribution < 1.29 is 4.79 Å². The molecule has 1 fully saturated rings. The molecule has 1 aromatic carbocycles. The summed E-state index contributed by atoms with van der Waals surface area (Å²) < 4.78 is 0. The number of hydrogen-bond donors (Lipinski definition) is 2. The fraction of sp³-hybridized carbons (Fsp3) is 0.533. The van der Waals surface area contributed by atoms with Crippen LogP contribution < -0.4 is 5.32 Å². The molecule has 2 nitrogen and oxygen atoms in total. The number of carbonyl (C=O) groups excluding carboxylic acids is 1. The van der Waals surface area contributed by atoms with E-state index in [0.29, 0.717) is 11.5 Å². The van der Waals surface area contributed by atoms with Crippen molar-refractivity contribution in [1.82, 2.24) is 5.32 Å². The van der Waals surface area contributed by atoms with Crippen LogP contribution in [0.5, 0.6) is 0 Å². The Morgan fingerprint density at radius 1 is 1.33 bits per heavy atom. The Balaban J connectivity index is 1.90. The van der Waals surface area contributed by atoms with Crippen LogP contribution in [0, 0.1) is 11.8 Å². The first-order valence-electron chi connectivity index (χ1n) is 6.74. The molecule has 1 aromatic rings. The lowest BCUT2D eigenvalue weighted by Crippen LogP contribution is -2.33. The van der Waals surface area contributed by atoms with Crippen LogP contribution in [0.3, 0.4) is 0 Å². The highest BCUT2D eigenvalue weighted by Crippen LogP contribution is 2.28. The summed E-state index contributed by atoms with van der Waals surface area (Å²) in [6.07, 6.45) is 5.17. The average Bonchev–Trinajstić information content (AvgIpc) is 2.38. The normalized spacial score (nSPS) is 23.7. The molecule has 3 heteroatoms. The van der Waals surface area contributed by atoms with Gasteiger partial charge < -0.3 is 5.32 Å². The molecular weight excluding hydrogens is 242 g/mol. The first kappa shape index (κ1) is 13.5. The molecule has 0 radical (unpaired) electrons. The minimum atomic E-state index is -0.00151. The molecule has 1 aliphatic carbocycles. The molecule has 0 saturated heterocycles. The van der Waals surface area contributed by atoms with Gasteiger partial charge in [0.25, 0.3) is 5.91 Å². The number of carbonyl (C=O) groups is 1. The van der Waals surface area contributed by atoms with Crippen molar-refractivity contribution in [2.45, 2.75) is 37.5 Å². The minimum Gasteiger partial charge on any atom is -0.352 e. The first-order chi connectivity index (χ1) is 8.68. The summed E-state index contributed by atoms with van der Waals surface area (Å²) in [7, 11) is 0. The van der Waals surface area contributed by atoms with Gasteiger partial charge >= 0.3 is 0 Å². The third-order valence-electron chi connectivity index (χ3n) is 3.96. The Bertz CT molecular complexity index is 419. The van der Waals surface area contributed by atoms with Gasteiger partial charge in [0.2, 0.25) is 0 Å².